The molecule has 3 rings (SSSR count). The van der Waals surface area contributed by atoms with E-state index in [-0.39, 0.29) is 22.6 Å². The van der Waals surface area contributed by atoms with Gasteiger partial charge in [-0.3, -0.25) is 9.59 Å². The predicted octanol–water partition coefficient (Wildman–Crippen LogP) is 3.64. The van der Waals surface area contributed by atoms with Crippen molar-refractivity contribution in [2.45, 2.75) is 18.9 Å². The molecule has 2 aromatic carbocycles. The van der Waals surface area contributed by atoms with Gasteiger partial charge in [-0.2, -0.15) is 0 Å². The molecule has 0 aliphatic carbocycles. The van der Waals surface area contributed by atoms with Gasteiger partial charge in [0, 0.05) is 18.2 Å². The predicted molar refractivity (Wildman–Crippen MR) is 97.1 cm³/mol. The number of carbonyl (C=O) groups excluding carboxylic acids is 2. The van der Waals surface area contributed by atoms with Crippen molar-refractivity contribution in [1.82, 2.24) is 5.32 Å². The van der Waals surface area contributed by atoms with Crippen LogP contribution in [-0.4, -0.2) is 31.1 Å². The molecule has 26 heavy (non-hydrogen) atoms. The summed E-state index contributed by atoms with van der Waals surface area (Å²) in [6.45, 7) is 1.12. The van der Waals surface area contributed by atoms with Gasteiger partial charge >= 0.3 is 0 Å². The first-order valence-corrected chi connectivity index (χ1v) is 8.67. The second-order valence-corrected chi connectivity index (χ2v) is 6.41. The summed E-state index contributed by atoms with van der Waals surface area (Å²) in [5.41, 5.74) is 0.453. The van der Waals surface area contributed by atoms with E-state index in [1.54, 1.807) is 24.3 Å². The molecule has 5 nitrogen and oxygen atoms in total. The maximum absolute atomic E-state index is 13.9. The molecule has 0 spiro atoms. The van der Waals surface area contributed by atoms with E-state index in [1.165, 1.54) is 12.1 Å². The van der Waals surface area contributed by atoms with E-state index in [9.17, 15) is 14.0 Å². The highest BCUT2D eigenvalue weighted by atomic mass is 35.5. The summed E-state index contributed by atoms with van der Waals surface area (Å²) in [6.07, 6.45) is 1.91. The van der Waals surface area contributed by atoms with Crippen LogP contribution in [0, 0.1) is 5.82 Å². The first-order chi connectivity index (χ1) is 12.5. The Labute approximate surface area is 155 Å². The molecule has 0 unspecified atom stereocenters. The number of rotatable bonds is 5. The number of halogens is 2. The van der Waals surface area contributed by atoms with Gasteiger partial charge in [0.25, 0.3) is 11.8 Å². The largest absolute Gasteiger partial charge is 0.376 e. The summed E-state index contributed by atoms with van der Waals surface area (Å²) < 4.78 is 19.4. The number of nitrogens with one attached hydrogen (secondary N) is 2. The summed E-state index contributed by atoms with van der Waals surface area (Å²) in [6, 6.07) is 10.4. The zero-order chi connectivity index (χ0) is 18.5. The smallest absolute Gasteiger partial charge is 0.258 e. The van der Waals surface area contributed by atoms with Crippen molar-refractivity contribution in [3.63, 3.8) is 0 Å². The van der Waals surface area contributed by atoms with Crippen LogP contribution in [0.15, 0.2) is 42.5 Å². The number of carbonyl (C=O) groups is 2. The normalized spacial score (nSPS) is 16.3. The molecule has 136 valence electrons. The van der Waals surface area contributed by atoms with Crippen molar-refractivity contribution in [2.75, 3.05) is 18.5 Å². The Bertz CT molecular complexity index is 822. The van der Waals surface area contributed by atoms with Crippen LogP contribution in [0.1, 0.15) is 33.6 Å². The Hall–Kier alpha value is -2.44. The van der Waals surface area contributed by atoms with Crippen LogP contribution < -0.4 is 10.6 Å². The fourth-order valence-corrected chi connectivity index (χ4v) is 2.92. The van der Waals surface area contributed by atoms with Crippen LogP contribution in [0.2, 0.25) is 5.02 Å². The monoisotopic (exact) mass is 376 g/mol. The zero-order valence-electron chi connectivity index (χ0n) is 13.9. The van der Waals surface area contributed by atoms with Crippen molar-refractivity contribution in [2.24, 2.45) is 0 Å². The number of anilines is 1. The Morgan fingerprint density at radius 2 is 1.96 bits per heavy atom. The molecule has 0 radical (unpaired) electrons. The molecule has 1 fully saturated rings. The summed E-state index contributed by atoms with van der Waals surface area (Å²) in [5.74, 6) is -1.71. The van der Waals surface area contributed by atoms with Crippen LogP contribution in [0.25, 0.3) is 0 Å². The van der Waals surface area contributed by atoms with Gasteiger partial charge < -0.3 is 15.4 Å². The highest BCUT2D eigenvalue weighted by Gasteiger charge is 2.19. The number of hydrogen-bond donors (Lipinski definition) is 2. The molecule has 2 aromatic rings. The van der Waals surface area contributed by atoms with Crippen LogP contribution in [0.5, 0.6) is 0 Å². The minimum absolute atomic E-state index is 0.0175. The number of hydrogen-bond acceptors (Lipinski definition) is 3. The second kappa shape index (κ2) is 8.29. The summed E-state index contributed by atoms with van der Waals surface area (Å²) in [4.78, 5) is 24.8. The molecule has 1 aliphatic rings. The van der Waals surface area contributed by atoms with Crippen molar-refractivity contribution in [3.05, 3.63) is 64.4 Å². The first kappa shape index (κ1) is 18.4. The average molecular weight is 377 g/mol. The summed E-state index contributed by atoms with van der Waals surface area (Å²) >= 11 is 5.70. The topological polar surface area (TPSA) is 67.4 Å². The second-order valence-electron chi connectivity index (χ2n) is 5.97. The van der Waals surface area contributed by atoms with E-state index >= 15 is 0 Å². The highest BCUT2D eigenvalue weighted by Crippen LogP contribution is 2.19. The van der Waals surface area contributed by atoms with E-state index < -0.39 is 11.7 Å². The van der Waals surface area contributed by atoms with Gasteiger partial charge in [0.2, 0.25) is 0 Å². The minimum Gasteiger partial charge on any atom is -0.376 e. The molecule has 1 saturated heterocycles. The van der Waals surface area contributed by atoms with Gasteiger partial charge in [-0.1, -0.05) is 23.7 Å². The maximum atomic E-state index is 13.9. The van der Waals surface area contributed by atoms with Crippen LogP contribution in [0.4, 0.5) is 10.1 Å². The number of amides is 2. The van der Waals surface area contributed by atoms with Crippen molar-refractivity contribution in [3.8, 4) is 0 Å². The van der Waals surface area contributed by atoms with Gasteiger partial charge in [-0.25, -0.2) is 4.39 Å². The molecule has 7 heteroatoms. The molecule has 0 saturated carbocycles. The van der Waals surface area contributed by atoms with Crippen LogP contribution in [-0.2, 0) is 4.74 Å². The quantitative estimate of drug-likeness (QED) is 0.837. The van der Waals surface area contributed by atoms with E-state index in [0.29, 0.717) is 24.4 Å². The lowest BCUT2D eigenvalue weighted by molar-refractivity contribution is 0.0858. The molecule has 2 N–H and O–H groups in total. The van der Waals surface area contributed by atoms with Crippen LogP contribution in [0.3, 0.4) is 0 Å². The Balaban J connectivity index is 1.71. The number of benzene rings is 2. The Morgan fingerprint density at radius 3 is 2.69 bits per heavy atom. The van der Waals surface area contributed by atoms with Crippen LogP contribution >= 0.6 is 11.6 Å². The Morgan fingerprint density at radius 1 is 1.15 bits per heavy atom. The minimum atomic E-state index is -0.727. The van der Waals surface area contributed by atoms with Crippen molar-refractivity contribution < 1.29 is 18.7 Å². The molecule has 1 atom stereocenters. The van der Waals surface area contributed by atoms with Gasteiger partial charge in [-0.05, 0) is 43.2 Å². The molecular weight excluding hydrogens is 359 g/mol. The summed E-state index contributed by atoms with van der Waals surface area (Å²) in [5, 5.41) is 5.59. The lowest BCUT2D eigenvalue weighted by atomic mass is 10.1. The third kappa shape index (κ3) is 4.39. The lowest BCUT2D eigenvalue weighted by Gasteiger charge is -2.14. The number of ether oxygens (including phenoxy) is 1. The Kier molecular flexibility index (Phi) is 5.85. The van der Waals surface area contributed by atoms with Gasteiger partial charge in [0.05, 0.1) is 22.9 Å². The average Bonchev–Trinajstić information content (AvgIpc) is 3.13. The first-order valence-electron chi connectivity index (χ1n) is 8.30. The fraction of sp³-hybridized carbons (Fsp3) is 0.263. The molecule has 0 aromatic heterocycles. The lowest BCUT2D eigenvalue weighted by Crippen LogP contribution is -2.32. The molecule has 1 heterocycles. The molecule has 1 aliphatic heterocycles. The van der Waals surface area contributed by atoms with Gasteiger partial charge in [0.1, 0.15) is 5.82 Å². The maximum Gasteiger partial charge on any atom is 0.258 e. The summed E-state index contributed by atoms with van der Waals surface area (Å²) in [7, 11) is 0. The van der Waals surface area contributed by atoms with E-state index in [1.807, 2.05) is 0 Å². The van der Waals surface area contributed by atoms with E-state index in [2.05, 4.69) is 10.6 Å². The number of para-hydroxylation sites is 1. The SMILES string of the molecule is O=C(Nc1ccccc1C(=O)NC[C@@H]1CCCO1)c1ccc(Cl)cc1F. The van der Waals surface area contributed by atoms with E-state index in [4.69, 9.17) is 16.3 Å². The third-order valence-corrected chi connectivity index (χ3v) is 4.35. The van der Waals surface area contributed by atoms with Gasteiger partial charge in [-0.15, -0.1) is 0 Å². The highest BCUT2D eigenvalue weighted by molar-refractivity contribution is 6.30. The fourth-order valence-electron chi connectivity index (χ4n) is 2.76. The van der Waals surface area contributed by atoms with E-state index in [0.717, 1.165) is 18.9 Å². The molecule has 0 bridgehead atoms. The standard InChI is InChI=1S/C19H18ClFN2O3/c20-12-7-8-14(16(21)10-12)19(25)23-17-6-2-1-5-15(17)18(24)22-11-13-4-3-9-26-13/h1-2,5-8,10,13H,3-4,9,11H2,(H,22,24)(H,23,25)/t13-/m0/s1. The van der Waals surface area contributed by atoms with Crippen molar-refractivity contribution in [1.29, 1.82) is 0 Å². The van der Waals surface area contributed by atoms with Crippen molar-refractivity contribution >= 4 is 29.1 Å². The third-order valence-electron chi connectivity index (χ3n) is 4.11. The molecular formula is C19H18ClFN2O3. The molecule has 2 amide bonds. The van der Waals surface area contributed by atoms with Gasteiger partial charge in [0.15, 0.2) is 0 Å². The zero-order valence-corrected chi connectivity index (χ0v) is 14.7.